The van der Waals surface area contributed by atoms with Crippen molar-refractivity contribution >= 4 is 32.4 Å². The van der Waals surface area contributed by atoms with Gasteiger partial charge in [-0.1, -0.05) is 147 Å². The molecule has 7 aromatic carbocycles. The van der Waals surface area contributed by atoms with E-state index in [1.165, 1.54) is 82.6 Å². The SMILES string of the molecule is Cc1ccc2c(-c3cc(-c4ccccc4)c4ccccc4n3)c3ccccc3c(-c3ccc4c(c3)C(C)(C)c3ccccc3-4)c2c1. The molecule has 0 saturated heterocycles. The van der Waals surface area contributed by atoms with Gasteiger partial charge in [-0.15, -0.1) is 0 Å². The van der Waals surface area contributed by atoms with Crippen molar-refractivity contribution in [2.24, 2.45) is 0 Å². The molecule has 1 aliphatic rings. The minimum Gasteiger partial charge on any atom is -0.248 e. The zero-order valence-corrected chi connectivity index (χ0v) is 26.3. The van der Waals surface area contributed by atoms with Crippen LogP contribution >= 0.6 is 0 Å². The number of para-hydroxylation sites is 1. The highest BCUT2D eigenvalue weighted by atomic mass is 14.7. The number of aryl methyl sites for hydroxylation is 1. The van der Waals surface area contributed by atoms with Gasteiger partial charge in [0, 0.05) is 16.4 Å². The Balaban J connectivity index is 1.36. The molecule has 1 heteroatoms. The van der Waals surface area contributed by atoms with Crippen molar-refractivity contribution < 1.29 is 0 Å². The monoisotopic (exact) mass is 587 g/mol. The zero-order valence-electron chi connectivity index (χ0n) is 26.3. The van der Waals surface area contributed by atoms with Crippen LogP contribution in [0.3, 0.4) is 0 Å². The molecule has 46 heavy (non-hydrogen) atoms. The smallest absolute Gasteiger partial charge is 0.0728 e. The van der Waals surface area contributed by atoms with Crippen LogP contribution in [0.2, 0.25) is 0 Å². The van der Waals surface area contributed by atoms with E-state index in [1.807, 2.05) is 0 Å². The van der Waals surface area contributed by atoms with Crippen molar-refractivity contribution in [3.8, 4) is 44.6 Å². The van der Waals surface area contributed by atoms with E-state index in [0.29, 0.717) is 0 Å². The van der Waals surface area contributed by atoms with Crippen LogP contribution < -0.4 is 0 Å². The molecule has 0 unspecified atom stereocenters. The fourth-order valence-corrected chi connectivity index (χ4v) is 7.90. The molecule has 0 radical (unpaired) electrons. The fraction of sp³-hybridized carbons (Fsp3) is 0.0889. The molecule has 0 atom stereocenters. The molecule has 0 spiro atoms. The summed E-state index contributed by atoms with van der Waals surface area (Å²) in [5.74, 6) is 0. The Hall–Kier alpha value is -5.53. The van der Waals surface area contributed by atoms with Gasteiger partial charge in [0.15, 0.2) is 0 Å². The highest BCUT2D eigenvalue weighted by molar-refractivity contribution is 6.21. The topological polar surface area (TPSA) is 12.9 Å². The van der Waals surface area contributed by atoms with E-state index in [9.17, 15) is 0 Å². The van der Waals surface area contributed by atoms with E-state index >= 15 is 0 Å². The lowest BCUT2D eigenvalue weighted by Gasteiger charge is -2.23. The standard InChI is InChI=1S/C45H33N/c1-28-21-23-36-38(25-28)43(30-22-24-32-31-15-9-11-19-39(31)45(2,3)40(32)26-30)34-17-7-8-18-35(34)44(36)42-27-37(29-13-5-4-6-14-29)33-16-10-12-20-41(33)46-42/h4-27H,1-3H3. The summed E-state index contributed by atoms with van der Waals surface area (Å²) >= 11 is 0. The van der Waals surface area contributed by atoms with E-state index in [4.69, 9.17) is 4.98 Å². The van der Waals surface area contributed by atoms with Crippen molar-refractivity contribution in [3.63, 3.8) is 0 Å². The maximum Gasteiger partial charge on any atom is 0.0728 e. The van der Waals surface area contributed by atoms with Crippen molar-refractivity contribution in [1.82, 2.24) is 4.98 Å². The predicted octanol–water partition coefficient (Wildman–Crippen LogP) is 12.2. The van der Waals surface area contributed by atoms with Gasteiger partial charge < -0.3 is 0 Å². The fourth-order valence-electron chi connectivity index (χ4n) is 7.90. The van der Waals surface area contributed by atoms with E-state index in [2.05, 4.69) is 166 Å². The third-order valence-corrected chi connectivity index (χ3v) is 10.1. The van der Waals surface area contributed by atoms with Gasteiger partial charge in [0.2, 0.25) is 0 Å². The number of hydrogen-bond acceptors (Lipinski definition) is 1. The van der Waals surface area contributed by atoms with Gasteiger partial charge in [-0.05, 0) is 91.2 Å². The maximum atomic E-state index is 5.35. The van der Waals surface area contributed by atoms with Crippen LogP contribution in [0.25, 0.3) is 77.1 Å². The van der Waals surface area contributed by atoms with E-state index in [-0.39, 0.29) is 5.41 Å². The van der Waals surface area contributed by atoms with Crippen LogP contribution in [0.15, 0.2) is 146 Å². The molecule has 218 valence electrons. The Labute approximate surface area is 269 Å². The molecular weight excluding hydrogens is 555 g/mol. The molecule has 9 rings (SSSR count). The highest BCUT2D eigenvalue weighted by Gasteiger charge is 2.35. The molecule has 1 aromatic heterocycles. The van der Waals surface area contributed by atoms with Gasteiger partial charge in [0.25, 0.3) is 0 Å². The summed E-state index contributed by atoms with van der Waals surface area (Å²) in [4.78, 5) is 5.35. The molecular formula is C45H33N. The van der Waals surface area contributed by atoms with Crippen LogP contribution in [0.4, 0.5) is 0 Å². The van der Waals surface area contributed by atoms with E-state index in [1.54, 1.807) is 0 Å². The van der Waals surface area contributed by atoms with Gasteiger partial charge in [0.1, 0.15) is 0 Å². The number of fused-ring (bicyclic) bond motifs is 6. The van der Waals surface area contributed by atoms with Gasteiger partial charge >= 0.3 is 0 Å². The summed E-state index contributed by atoms with van der Waals surface area (Å²) in [6, 6.07) is 53.4. The van der Waals surface area contributed by atoms with Gasteiger partial charge in [0.05, 0.1) is 11.2 Å². The predicted molar refractivity (Wildman–Crippen MR) is 195 cm³/mol. The molecule has 0 N–H and O–H groups in total. The van der Waals surface area contributed by atoms with Crippen molar-refractivity contribution in [2.45, 2.75) is 26.2 Å². The highest BCUT2D eigenvalue weighted by Crippen LogP contribution is 2.51. The Morgan fingerprint density at radius 2 is 1.09 bits per heavy atom. The lowest BCUT2D eigenvalue weighted by molar-refractivity contribution is 0.660. The zero-order chi connectivity index (χ0) is 31.0. The average molecular weight is 588 g/mol. The minimum atomic E-state index is -0.0632. The number of aromatic nitrogens is 1. The summed E-state index contributed by atoms with van der Waals surface area (Å²) in [6.45, 7) is 6.92. The van der Waals surface area contributed by atoms with Crippen LogP contribution in [0.5, 0.6) is 0 Å². The van der Waals surface area contributed by atoms with Crippen LogP contribution in [-0.2, 0) is 5.41 Å². The molecule has 1 heterocycles. The van der Waals surface area contributed by atoms with E-state index < -0.39 is 0 Å². The Morgan fingerprint density at radius 3 is 1.91 bits per heavy atom. The van der Waals surface area contributed by atoms with Crippen LogP contribution in [-0.4, -0.2) is 4.98 Å². The molecule has 0 fully saturated rings. The Morgan fingerprint density at radius 1 is 0.435 bits per heavy atom. The first-order valence-electron chi connectivity index (χ1n) is 16.1. The molecule has 1 aliphatic carbocycles. The maximum absolute atomic E-state index is 5.35. The number of pyridine rings is 1. The second-order valence-corrected chi connectivity index (χ2v) is 13.2. The summed E-state index contributed by atoms with van der Waals surface area (Å²) in [6.07, 6.45) is 0. The van der Waals surface area contributed by atoms with Crippen molar-refractivity contribution in [1.29, 1.82) is 0 Å². The first kappa shape index (κ1) is 26.8. The van der Waals surface area contributed by atoms with Crippen LogP contribution in [0.1, 0.15) is 30.5 Å². The first-order valence-corrected chi connectivity index (χ1v) is 16.1. The second kappa shape index (κ2) is 9.99. The molecule has 8 aromatic rings. The Kier molecular flexibility index (Phi) is 5.83. The number of hydrogen-bond donors (Lipinski definition) is 0. The molecule has 1 nitrogen and oxygen atoms in total. The molecule has 0 saturated carbocycles. The minimum absolute atomic E-state index is 0.0632. The normalized spacial score (nSPS) is 13.3. The number of benzene rings is 7. The number of rotatable bonds is 3. The lowest BCUT2D eigenvalue weighted by atomic mass is 9.80. The van der Waals surface area contributed by atoms with Crippen molar-refractivity contribution in [2.75, 3.05) is 0 Å². The average Bonchev–Trinajstić information content (AvgIpc) is 3.32. The largest absolute Gasteiger partial charge is 0.248 e. The van der Waals surface area contributed by atoms with Gasteiger partial charge in [-0.25, -0.2) is 4.98 Å². The first-order chi connectivity index (χ1) is 22.5. The van der Waals surface area contributed by atoms with Gasteiger partial charge in [-0.2, -0.15) is 0 Å². The quantitative estimate of drug-likeness (QED) is 0.187. The molecule has 0 aliphatic heterocycles. The molecule has 0 bridgehead atoms. The van der Waals surface area contributed by atoms with E-state index in [0.717, 1.165) is 11.2 Å². The van der Waals surface area contributed by atoms with Crippen molar-refractivity contribution in [3.05, 3.63) is 162 Å². The summed E-state index contributed by atoms with van der Waals surface area (Å²) in [5, 5.41) is 6.13. The van der Waals surface area contributed by atoms with Crippen LogP contribution in [0, 0.1) is 6.92 Å². The second-order valence-electron chi connectivity index (χ2n) is 13.2. The van der Waals surface area contributed by atoms with Gasteiger partial charge in [-0.3, -0.25) is 0 Å². The lowest BCUT2D eigenvalue weighted by Crippen LogP contribution is -2.14. The third-order valence-electron chi connectivity index (χ3n) is 10.1. The molecule has 0 amide bonds. The Bertz CT molecular complexity index is 2500. The summed E-state index contributed by atoms with van der Waals surface area (Å²) in [5.41, 5.74) is 14.8. The summed E-state index contributed by atoms with van der Waals surface area (Å²) in [7, 11) is 0. The third kappa shape index (κ3) is 3.91. The number of nitrogens with zero attached hydrogens (tertiary/aromatic N) is 1. The summed E-state index contributed by atoms with van der Waals surface area (Å²) < 4.78 is 0.